The first-order valence-electron chi connectivity index (χ1n) is 7.37. The van der Waals surface area contributed by atoms with Crippen LogP contribution >= 0.6 is 0 Å². The van der Waals surface area contributed by atoms with Crippen molar-refractivity contribution in [2.75, 3.05) is 33.4 Å². The predicted molar refractivity (Wildman–Crippen MR) is 75.8 cm³/mol. The summed E-state index contributed by atoms with van der Waals surface area (Å²) >= 11 is 0. The van der Waals surface area contributed by atoms with Crippen LogP contribution in [-0.4, -0.2) is 66.4 Å². The molecule has 1 aromatic rings. The quantitative estimate of drug-likeness (QED) is 0.861. The summed E-state index contributed by atoms with van der Waals surface area (Å²) in [7, 11) is 1.66. The van der Waals surface area contributed by atoms with E-state index < -0.39 is 0 Å². The van der Waals surface area contributed by atoms with Crippen molar-refractivity contribution >= 4 is 6.03 Å². The molecule has 0 saturated carbocycles. The molecule has 116 valence electrons. The zero-order valence-electron chi connectivity index (χ0n) is 12.5. The number of fused-ring (bicyclic) bond motifs is 1. The molecule has 0 aromatic carbocycles. The molecule has 2 saturated heterocycles. The normalized spacial score (nSPS) is 26.0. The number of aryl methyl sites for hydroxylation is 1. The van der Waals surface area contributed by atoms with Crippen molar-refractivity contribution in [2.24, 2.45) is 0 Å². The molecule has 7 heteroatoms. The number of nitrogens with zero attached hydrogens (tertiary/aromatic N) is 3. The second kappa shape index (κ2) is 6.03. The molecule has 0 radical (unpaired) electrons. The van der Waals surface area contributed by atoms with Crippen LogP contribution in [0, 0.1) is 6.92 Å². The third kappa shape index (κ3) is 2.89. The Bertz CT molecular complexity index is 504. The van der Waals surface area contributed by atoms with Crippen LogP contribution in [0.3, 0.4) is 0 Å². The summed E-state index contributed by atoms with van der Waals surface area (Å²) in [4.78, 5) is 16.3. The Kier molecular flexibility index (Phi) is 4.12. The Labute approximate surface area is 124 Å². The third-order valence-electron chi connectivity index (χ3n) is 4.41. The summed E-state index contributed by atoms with van der Waals surface area (Å²) in [5, 5.41) is 6.91. The Morgan fingerprint density at radius 1 is 1.57 bits per heavy atom. The highest BCUT2D eigenvalue weighted by Gasteiger charge is 2.42. The number of carbonyl (C=O) groups is 1. The summed E-state index contributed by atoms with van der Waals surface area (Å²) < 4.78 is 10.2. The number of amides is 2. The number of urea groups is 1. The molecular weight excluding hydrogens is 272 g/mol. The lowest BCUT2D eigenvalue weighted by atomic mass is 9.99. The Morgan fingerprint density at radius 2 is 2.43 bits per heavy atom. The highest BCUT2D eigenvalue weighted by Crippen LogP contribution is 2.24. The van der Waals surface area contributed by atoms with Crippen molar-refractivity contribution in [1.82, 2.24) is 20.3 Å². The van der Waals surface area contributed by atoms with E-state index in [1.807, 2.05) is 11.8 Å². The number of hydrogen-bond donors (Lipinski definition) is 1. The number of carbonyl (C=O) groups excluding carboxylic acids is 1. The summed E-state index contributed by atoms with van der Waals surface area (Å²) in [6, 6.07) is 0.515. The fourth-order valence-electron chi connectivity index (χ4n) is 3.23. The van der Waals surface area contributed by atoms with Gasteiger partial charge in [-0.05, 0) is 13.3 Å². The van der Waals surface area contributed by atoms with Crippen LogP contribution in [0.15, 0.2) is 10.7 Å². The molecule has 2 aliphatic rings. The molecule has 2 fully saturated rings. The molecule has 0 aliphatic carbocycles. The van der Waals surface area contributed by atoms with E-state index in [1.165, 1.54) is 0 Å². The number of methoxy groups -OCH3 is 1. The van der Waals surface area contributed by atoms with E-state index in [0.29, 0.717) is 13.2 Å². The smallest absolute Gasteiger partial charge is 0.318 e. The Morgan fingerprint density at radius 3 is 3.14 bits per heavy atom. The summed E-state index contributed by atoms with van der Waals surface area (Å²) in [6.07, 6.45) is 2.76. The molecule has 2 atom stereocenters. The van der Waals surface area contributed by atoms with Crippen molar-refractivity contribution in [3.63, 3.8) is 0 Å². The van der Waals surface area contributed by atoms with Crippen LogP contribution in [-0.2, 0) is 11.3 Å². The number of hydrogen-bond acceptors (Lipinski definition) is 5. The molecule has 0 unspecified atom stereocenters. The molecule has 21 heavy (non-hydrogen) atoms. The largest absolute Gasteiger partial charge is 0.383 e. The highest BCUT2D eigenvalue weighted by molar-refractivity contribution is 5.77. The molecule has 0 bridgehead atoms. The monoisotopic (exact) mass is 294 g/mol. The first-order chi connectivity index (χ1) is 10.2. The van der Waals surface area contributed by atoms with E-state index in [9.17, 15) is 4.79 Å². The van der Waals surface area contributed by atoms with Crippen molar-refractivity contribution in [2.45, 2.75) is 32.0 Å². The van der Waals surface area contributed by atoms with Crippen molar-refractivity contribution in [1.29, 1.82) is 0 Å². The van der Waals surface area contributed by atoms with E-state index in [1.54, 1.807) is 13.3 Å². The van der Waals surface area contributed by atoms with Gasteiger partial charge in [0.15, 0.2) is 0 Å². The average molecular weight is 294 g/mol. The predicted octanol–water partition coefficient (Wildman–Crippen LogP) is 0.598. The van der Waals surface area contributed by atoms with E-state index in [2.05, 4.69) is 15.4 Å². The van der Waals surface area contributed by atoms with Gasteiger partial charge in [-0.3, -0.25) is 4.90 Å². The number of nitrogens with one attached hydrogen (secondary N) is 1. The van der Waals surface area contributed by atoms with Crippen molar-refractivity contribution < 1.29 is 14.1 Å². The van der Waals surface area contributed by atoms with Gasteiger partial charge in [0, 0.05) is 38.9 Å². The second-order valence-electron chi connectivity index (χ2n) is 5.74. The van der Waals surface area contributed by atoms with Crippen LogP contribution in [0.5, 0.6) is 0 Å². The number of aromatic nitrogens is 1. The molecule has 2 amide bonds. The molecule has 3 rings (SSSR count). The first-order valence-corrected chi connectivity index (χ1v) is 7.37. The maximum atomic E-state index is 12.0. The average Bonchev–Trinajstić information content (AvgIpc) is 3.00. The molecule has 7 nitrogen and oxygen atoms in total. The van der Waals surface area contributed by atoms with Crippen LogP contribution in [0.1, 0.15) is 17.7 Å². The van der Waals surface area contributed by atoms with Gasteiger partial charge in [-0.1, -0.05) is 5.16 Å². The van der Waals surface area contributed by atoms with Gasteiger partial charge in [-0.2, -0.15) is 0 Å². The van der Waals surface area contributed by atoms with Gasteiger partial charge in [-0.15, -0.1) is 0 Å². The second-order valence-corrected chi connectivity index (χ2v) is 5.74. The Hall–Kier alpha value is -1.60. The number of rotatable bonds is 5. The van der Waals surface area contributed by atoms with Gasteiger partial charge in [-0.25, -0.2) is 4.79 Å². The summed E-state index contributed by atoms with van der Waals surface area (Å²) in [5.41, 5.74) is 1.12. The van der Waals surface area contributed by atoms with Crippen molar-refractivity contribution in [3.05, 3.63) is 17.5 Å². The molecular formula is C14H22N4O3. The number of piperidine rings is 1. The van der Waals surface area contributed by atoms with E-state index in [4.69, 9.17) is 9.26 Å². The minimum atomic E-state index is 0.0325. The highest BCUT2D eigenvalue weighted by atomic mass is 16.5. The number of ether oxygens (including phenoxy) is 1. The maximum absolute atomic E-state index is 12.0. The minimum Gasteiger partial charge on any atom is -0.383 e. The minimum absolute atomic E-state index is 0.0325. The molecule has 1 aromatic heterocycles. The zero-order valence-corrected chi connectivity index (χ0v) is 12.5. The van der Waals surface area contributed by atoms with Crippen LogP contribution in [0.4, 0.5) is 4.79 Å². The van der Waals surface area contributed by atoms with Crippen LogP contribution < -0.4 is 5.32 Å². The molecule has 2 aliphatic heterocycles. The van der Waals surface area contributed by atoms with E-state index >= 15 is 0 Å². The first kappa shape index (κ1) is 14.3. The van der Waals surface area contributed by atoms with Crippen molar-refractivity contribution in [3.8, 4) is 0 Å². The van der Waals surface area contributed by atoms with Gasteiger partial charge in [0.2, 0.25) is 0 Å². The van der Waals surface area contributed by atoms with E-state index in [0.717, 1.165) is 37.4 Å². The fraction of sp³-hybridized carbons (Fsp3) is 0.714. The third-order valence-corrected chi connectivity index (χ3v) is 4.41. The molecule has 3 heterocycles. The fourth-order valence-corrected chi connectivity index (χ4v) is 3.23. The topological polar surface area (TPSA) is 70.8 Å². The van der Waals surface area contributed by atoms with Crippen LogP contribution in [0.25, 0.3) is 0 Å². The number of likely N-dealkylation sites (tertiary alicyclic amines) is 1. The zero-order chi connectivity index (χ0) is 14.8. The van der Waals surface area contributed by atoms with Gasteiger partial charge in [0.25, 0.3) is 0 Å². The maximum Gasteiger partial charge on any atom is 0.318 e. The SMILES string of the molecule is COCCN1C(=O)N[C@@H]2CN(Cc3cnoc3C)CC[C@@H]21. The molecule has 1 N–H and O–H groups in total. The molecule has 0 spiro atoms. The lowest BCUT2D eigenvalue weighted by Crippen LogP contribution is -2.51. The standard InChI is InChI=1S/C14H22N4O3/c1-10-11(7-15-21-10)8-17-4-3-13-12(9-17)16-14(19)18(13)5-6-20-2/h7,12-13H,3-6,8-9H2,1-2H3,(H,16,19)/t12-,13+/m1/s1. The lowest BCUT2D eigenvalue weighted by Gasteiger charge is -2.36. The van der Waals surface area contributed by atoms with Gasteiger partial charge in [0.05, 0.1) is 24.9 Å². The van der Waals surface area contributed by atoms with E-state index in [-0.39, 0.29) is 18.1 Å². The summed E-state index contributed by atoms with van der Waals surface area (Å²) in [6.45, 7) is 5.84. The van der Waals surface area contributed by atoms with Crippen LogP contribution in [0.2, 0.25) is 0 Å². The van der Waals surface area contributed by atoms with Gasteiger partial charge >= 0.3 is 6.03 Å². The lowest BCUT2D eigenvalue weighted by molar-refractivity contribution is 0.111. The Balaban J connectivity index is 1.59. The summed E-state index contributed by atoms with van der Waals surface area (Å²) in [5.74, 6) is 0.870. The van der Waals surface area contributed by atoms with Gasteiger partial charge in [0.1, 0.15) is 5.76 Å². The van der Waals surface area contributed by atoms with Gasteiger partial charge < -0.3 is 19.5 Å².